The van der Waals surface area contributed by atoms with Crippen LogP contribution >= 0.6 is 0 Å². The maximum absolute atomic E-state index is 11.6. The third kappa shape index (κ3) is 10.3. The van der Waals surface area contributed by atoms with Gasteiger partial charge in [-0.05, 0) is 111 Å². The largest absolute Gasteiger partial charge is 0.480 e. The highest BCUT2D eigenvalue weighted by atomic mass is 16.4. The van der Waals surface area contributed by atoms with Gasteiger partial charge in [0, 0.05) is 57.9 Å². The number of aliphatic hydroxyl groups is 2. The summed E-state index contributed by atoms with van der Waals surface area (Å²) in [7, 11) is 0. The normalized spacial score (nSPS) is 36.8. The van der Waals surface area contributed by atoms with E-state index in [0.717, 1.165) is 12.8 Å². The number of carboxylic acid groups (broad SMARTS) is 3. The van der Waals surface area contributed by atoms with Crippen molar-refractivity contribution in [2.24, 2.45) is 46.3 Å². The number of carbonyl (C=O) groups is 3. The average Bonchev–Trinajstić information content (AvgIpc) is 3.48. The minimum atomic E-state index is -0.980. The van der Waals surface area contributed by atoms with Crippen LogP contribution in [0.15, 0.2) is 0 Å². The summed E-state index contributed by atoms with van der Waals surface area (Å²) in [6.45, 7) is 12.2. The standard InChI is InChI=1S/C40H71N5O8/c1-26(29-9-10-30-38-31(12-14-40(29,30)4)39(3)13-6-5-7-28(39)21-33(38)46)8-11-34(47)42-27(2)32(41-22-35(48)49)23-43-15-17-44(24-36(50)51)19-20-45(18-16-43)25-37(52)53/h26-34,38,41-42,46-47H,5-25H2,1-4H3,(H,48,49)(H,50,51)(H,52,53)/t26?,27?,28?,29?,30?,31?,32-,33+,34?,38?,39-,40+/m0/s1. The fourth-order valence-electron chi connectivity index (χ4n) is 12.3. The lowest BCUT2D eigenvalue weighted by Gasteiger charge is -2.62. The van der Waals surface area contributed by atoms with Crippen molar-refractivity contribution in [3.05, 3.63) is 0 Å². The molecule has 0 radical (unpaired) electrons. The molecule has 4 saturated carbocycles. The molecule has 5 rings (SSSR count). The summed E-state index contributed by atoms with van der Waals surface area (Å²) >= 11 is 0. The molecule has 0 aromatic rings. The Morgan fingerprint density at radius 1 is 0.755 bits per heavy atom. The van der Waals surface area contributed by atoms with E-state index in [1.807, 2.05) is 16.7 Å². The molecule has 8 unspecified atom stereocenters. The van der Waals surface area contributed by atoms with E-state index in [2.05, 4.69) is 36.3 Å². The molecule has 4 aliphatic carbocycles. The van der Waals surface area contributed by atoms with Crippen LogP contribution in [0.5, 0.6) is 0 Å². The molecule has 5 fully saturated rings. The van der Waals surface area contributed by atoms with Crippen LogP contribution in [0.4, 0.5) is 0 Å². The molecule has 1 saturated heterocycles. The fraction of sp³-hybridized carbons (Fsp3) is 0.925. The van der Waals surface area contributed by atoms with E-state index in [4.69, 9.17) is 0 Å². The SMILES string of the molecule is CC(CCC(O)NC(C)[C@H](CN1CCN(CC(=O)O)CCN(CC(=O)O)CC1)NCC(=O)O)C1CCC2C3C(CC[C@]12C)[C@@]1(C)CCCCC1C[C@H]3O. The van der Waals surface area contributed by atoms with E-state index < -0.39 is 24.1 Å². The van der Waals surface area contributed by atoms with Gasteiger partial charge in [-0.15, -0.1) is 0 Å². The van der Waals surface area contributed by atoms with Crippen LogP contribution in [-0.4, -0.2) is 148 Å². The van der Waals surface area contributed by atoms with Crippen molar-refractivity contribution < 1.29 is 39.9 Å². The molecule has 1 aliphatic heterocycles. The first-order valence-electron chi connectivity index (χ1n) is 20.8. The molecule has 7 N–H and O–H groups in total. The van der Waals surface area contributed by atoms with Gasteiger partial charge in [-0.3, -0.25) is 34.4 Å². The zero-order valence-corrected chi connectivity index (χ0v) is 32.9. The van der Waals surface area contributed by atoms with Crippen molar-refractivity contribution in [1.82, 2.24) is 25.3 Å². The first-order valence-corrected chi connectivity index (χ1v) is 20.8. The van der Waals surface area contributed by atoms with Gasteiger partial charge in [-0.2, -0.15) is 0 Å². The highest BCUT2D eigenvalue weighted by molar-refractivity contribution is 5.69. The van der Waals surface area contributed by atoms with Crippen LogP contribution in [-0.2, 0) is 14.4 Å². The maximum atomic E-state index is 11.6. The topological polar surface area (TPSA) is 186 Å². The Bertz CT molecular complexity index is 1220. The minimum absolute atomic E-state index is 0.137. The van der Waals surface area contributed by atoms with Gasteiger partial charge in [0.15, 0.2) is 0 Å². The molecule has 1 heterocycles. The van der Waals surface area contributed by atoms with Gasteiger partial charge in [0.05, 0.1) is 25.7 Å². The molecule has 0 aromatic carbocycles. The van der Waals surface area contributed by atoms with Crippen molar-refractivity contribution in [3.8, 4) is 0 Å². The number of rotatable bonds is 16. The van der Waals surface area contributed by atoms with Crippen molar-refractivity contribution in [1.29, 1.82) is 0 Å². The van der Waals surface area contributed by atoms with Crippen molar-refractivity contribution >= 4 is 17.9 Å². The second-order valence-electron chi connectivity index (χ2n) is 18.3. The Hall–Kier alpha value is -1.87. The number of nitrogens with zero attached hydrogens (tertiary/aromatic N) is 3. The molecule has 53 heavy (non-hydrogen) atoms. The molecule has 13 heteroatoms. The number of aliphatic carboxylic acids is 3. The van der Waals surface area contributed by atoms with Crippen molar-refractivity contribution in [2.75, 3.05) is 65.4 Å². The van der Waals surface area contributed by atoms with E-state index in [9.17, 15) is 39.9 Å². The molecule has 304 valence electrons. The molecule has 0 spiro atoms. The van der Waals surface area contributed by atoms with Crippen LogP contribution in [0.1, 0.15) is 98.3 Å². The molecule has 0 aromatic heterocycles. The lowest BCUT2D eigenvalue weighted by Crippen LogP contribution is -2.57. The smallest absolute Gasteiger partial charge is 0.317 e. The first kappa shape index (κ1) is 42.3. The molecular formula is C40H71N5O8. The summed E-state index contributed by atoms with van der Waals surface area (Å²) in [5.41, 5.74) is 0.589. The van der Waals surface area contributed by atoms with Crippen LogP contribution < -0.4 is 10.6 Å². The lowest BCUT2D eigenvalue weighted by molar-refractivity contribution is -0.164. The Morgan fingerprint density at radius 3 is 1.96 bits per heavy atom. The molecule has 0 bridgehead atoms. The summed E-state index contributed by atoms with van der Waals surface area (Å²) in [5.74, 6) is 0.412. The van der Waals surface area contributed by atoms with Crippen molar-refractivity contribution in [2.45, 2.75) is 123 Å². The number of aliphatic hydroxyl groups excluding tert-OH is 2. The quantitative estimate of drug-likeness (QED) is 0.114. The zero-order chi connectivity index (χ0) is 38.5. The molecule has 12 atom stereocenters. The molecule has 5 aliphatic rings. The van der Waals surface area contributed by atoms with Gasteiger partial charge >= 0.3 is 17.9 Å². The van der Waals surface area contributed by atoms with Gasteiger partial charge in [-0.25, -0.2) is 0 Å². The van der Waals surface area contributed by atoms with E-state index in [1.165, 1.54) is 51.4 Å². The number of carboxylic acids is 3. The average molecular weight is 750 g/mol. The minimum Gasteiger partial charge on any atom is -0.480 e. The summed E-state index contributed by atoms with van der Waals surface area (Å²) in [6, 6.07) is -0.615. The van der Waals surface area contributed by atoms with Gasteiger partial charge < -0.3 is 30.8 Å². The van der Waals surface area contributed by atoms with Crippen LogP contribution in [0, 0.1) is 46.3 Å². The third-order valence-corrected chi connectivity index (χ3v) is 15.2. The molecule has 13 nitrogen and oxygen atoms in total. The van der Waals surface area contributed by atoms with Gasteiger partial charge in [0.25, 0.3) is 0 Å². The van der Waals surface area contributed by atoms with E-state index >= 15 is 0 Å². The van der Waals surface area contributed by atoms with Crippen LogP contribution in [0.25, 0.3) is 0 Å². The number of fused-ring (bicyclic) bond motifs is 5. The van der Waals surface area contributed by atoms with Gasteiger partial charge in [0.2, 0.25) is 0 Å². The fourth-order valence-corrected chi connectivity index (χ4v) is 12.3. The second kappa shape index (κ2) is 18.4. The summed E-state index contributed by atoms with van der Waals surface area (Å²) in [4.78, 5) is 40.4. The molecular weight excluding hydrogens is 678 g/mol. The first-order chi connectivity index (χ1) is 25.1. The molecule has 0 amide bonds. The van der Waals surface area contributed by atoms with Crippen LogP contribution in [0.2, 0.25) is 0 Å². The van der Waals surface area contributed by atoms with Crippen LogP contribution in [0.3, 0.4) is 0 Å². The van der Waals surface area contributed by atoms with Crippen molar-refractivity contribution in [3.63, 3.8) is 0 Å². The summed E-state index contributed by atoms with van der Waals surface area (Å²) in [5, 5.41) is 57.8. The second-order valence-corrected chi connectivity index (χ2v) is 18.3. The summed E-state index contributed by atoms with van der Waals surface area (Å²) < 4.78 is 0. The zero-order valence-electron chi connectivity index (χ0n) is 32.9. The maximum Gasteiger partial charge on any atom is 0.317 e. The van der Waals surface area contributed by atoms with E-state index in [-0.39, 0.29) is 43.2 Å². The summed E-state index contributed by atoms with van der Waals surface area (Å²) in [6.07, 6.45) is 11.6. The van der Waals surface area contributed by atoms with E-state index in [1.54, 1.807) is 0 Å². The van der Waals surface area contributed by atoms with E-state index in [0.29, 0.717) is 93.2 Å². The highest BCUT2D eigenvalue weighted by Crippen LogP contribution is 2.68. The lowest BCUT2D eigenvalue weighted by atomic mass is 9.44. The number of nitrogens with one attached hydrogen (secondary N) is 2. The van der Waals surface area contributed by atoms with Gasteiger partial charge in [0.1, 0.15) is 6.23 Å². The predicted molar refractivity (Wildman–Crippen MR) is 202 cm³/mol. The Morgan fingerprint density at radius 2 is 1.36 bits per heavy atom. The third-order valence-electron chi connectivity index (χ3n) is 15.2. The Labute approximate surface area is 317 Å². The Kier molecular flexibility index (Phi) is 14.7. The Balaban J connectivity index is 1.17. The predicted octanol–water partition coefficient (Wildman–Crippen LogP) is 2.85. The monoisotopic (exact) mass is 750 g/mol. The van der Waals surface area contributed by atoms with Gasteiger partial charge in [-0.1, -0.05) is 33.6 Å². The number of hydrogen-bond acceptors (Lipinski definition) is 10. The number of hydrogen-bond donors (Lipinski definition) is 7. The highest BCUT2D eigenvalue weighted by Gasteiger charge is 2.62.